The maximum atomic E-state index is 13.2. The van der Waals surface area contributed by atoms with Gasteiger partial charge in [0.05, 0.1) is 10.4 Å². The predicted molar refractivity (Wildman–Crippen MR) is 115 cm³/mol. The lowest BCUT2D eigenvalue weighted by molar-refractivity contribution is 0.349. The fourth-order valence-corrected chi connectivity index (χ4v) is 5.50. The van der Waals surface area contributed by atoms with Gasteiger partial charge in [-0.2, -0.15) is 4.52 Å². The Balaban J connectivity index is 1.70. The Hall–Kier alpha value is -3.00. The van der Waals surface area contributed by atoms with Gasteiger partial charge in [0.25, 0.3) is 0 Å². The maximum Gasteiger partial charge on any atom is 0.229 e. The van der Waals surface area contributed by atoms with Crippen molar-refractivity contribution < 1.29 is 8.42 Å². The van der Waals surface area contributed by atoms with E-state index in [1.807, 2.05) is 24.3 Å². The number of aromatic nitrogens is 4. The molecule has 4 aromatic rings. The molecule has 0 bridgehead atoms. The molecule has 0 unspecified atom stereocenters. The lowest BCUT2D eigenvalue weighted by atomic mass is 9.86. The third-order valence-electron chi connectivity index (χ3n) is 5.96. The molecule has 2 heterocycles. The molecule has 1 aliphatic carbocycles. The van der Waals surface area contributed by atoms with Crippen molar-refractivity contribution in [1.29, 1.82) is 0 Å². The Morgan fingerprint density at radius 1 is 1.00 bits per heavy atom. The highest BCUT2D eigenvalue weighted by Gasteiger charge is 2.28. The standard InChI is InChI=1S/C22H23N5O2S/c1-15-9-5-7-13-18(15)23-20-17-12-6-8-14-19(17)27-21(24-20)22(25-26-27)30(28,29)16-10-3-2-4-11-16/h2-4,6,8,10-12,14-15,18H,5,7,9,13H2,1H3,(H,23,24)/t15-,18-/m1/s1. The molecule has 1 aliphatic rings. The molecule has 2 aromatic carbocycles. The highest BCUT2D eigenvalue weighted by molar-refractivity contribution is 7.91. The van der Waals surface area contributed by atoms with Gasteiger partial charge in [0.15, 0.2) is 5.65 Å². The van der Waals surface area contributed by atoms with Gasteiger partial charge in [-0.25, -0.2) is 13.4 Å². The topological polar surface area (TPSA) is 89.2 Å². The van der Waals surface area contributed by atoms with Crippen molar-refractivity contribution in [2.45, 2.75) is 48.6 Å². The molecule has 0 aliphatic heterocycles. The van der Waals surface area contributed by atoms with Crippen LogP contribution in [-0.4, -0.2) is 34.3 Å². The number of anilines is 1. The number of fused-ring (bicyclic) bond motifs is 3. The van der Waals surface area contributed by atoms with Gasteiger partial charge in [-0.3, -0.25) is 0 Å². The molecule has 154 valence electrons. The highest BCUT2D eigenvalue weighted by Crippen LogP contribution is 2.31. The van der Waals surface area contributed by atoms with E-state index in [-0.39, 0.29) is 15.6 Å². The number of benzene rings is 2. The molecule has 8 heteroatoms. The van der Waals surface area contributed by atoms with Crippen molar-refractivity contribution in [3.8, 4) is 0 Å². The van der Waals surface area contributed by atoms with Crippen LogP contribution in [0, 0.1) is 5.92 Å². The van der Waals surface area contributed by atoms with Gasteiger partial charge < -0.3 is 5.32 Å². The third kappa shape index (κ3) is 3.11. The minimum atomic E-state index is -3.84. The van der Waals surface area contributed by atoms with E-state index in [4.69, 9.17) is 4.98 Å². The van der Waals surface area contributed by atoms with Crippen LogP contribution in [0.15, 0.2) is 64.5 Å². The predicted octanol–water partition coefficient (Wildman–Crippen LogP) is 4.10. The molecular weight excluding hydrogens is 398 g/mol. The summed E-state index contributed by atoms with van der Waals surface area (Å²) >= 11 is 0. The first-order valence-corrected chi connectivity index (χ1v) is 11.7. The number of hydrogen-bond acceptors (Lipinski definition) is 6. The lowest BCUT2D eigenvalue weighted by Gasteiger charge is -2.30. The minimum absolute atomic E-state index is 0.126. The third-order valence-corrected chi connectivity index (χ3v) is 7.63. The Labute approximate surface area is 175 Å². The molecule has 30 heavy (non-hydrogen) atoms. The fourth-order valence-electron chi connectivity index (χ4n) is 4.25. The molecule has 2 atom stereocenters. The van der Waals surface area contributed by atoms with E-state index in [0.717, 1.165) is 17.3 Å². The van der Waals surface area contributed by atoms with Crippen LogP contribution in [0.5, 0.6) is 0 Å². The van der Waals surface area contributed by atoms with Gasteiger partial charge in [-0.1, -0.05) is 55.3 Å². The summed E-state index contributed by atoms with van der Waals surface area (Å²) in [5.41, 5.74) is 1.01. The van der Waals surface area contributed by atoms with Crippen molar-refractivity contribution in [1.82, 2.24) is 19.8 Å². The van der Waals surface area contributed by atoms with Crippen LogP contribution in [0.25, 0.3) is 16.6 Å². The summed E-state index contributed by atoms with van der Waals surface area (Å²) in [7, 11) is -3.84. The van der Waals surface area contributed by atoms with Crippen molar-refractivity contribution in [2.75, 3.05) is 5.32 Å². The molecular formula is C22H23N5O2S. The van der Waals surface area contributed by atoms with Gasteiger partial charge >= 0.3 is 0 Å². The Bertz CT molecular complexity index is 1320. The van der Waals surface area contributed by atoms with E-state index in [9.17, 15) is 8.42 Å². The van der Waals surface area contributed by atoms with E-state index in [1.165, 1.54) is 23.8 Å². The second-order valence-corrected chi connectivity index (χ2v) is 9.80. The van der Waals surface area contributed by atoms with Gasteiger partial charge in [-0.15, -0.1) is 5.10 Å². The van der Waals surface area contributed by atoms with Crippen molar-refractivity contribution in [3.63, 3.8) is 0 Å². The molecule has 0 saturated heterocycles. The van der Waals surface area contributed by atoms with Gasteiger partial charge in [0, 0.05) is 11.4 Å². The normalized spacial score (nSPS) is 19.9. The van der Waals surface area contributed by atoms with Crippen LogP contribution in [-0.2, 0) is 9.84 Å². The number of nitrogens with one attached hydrogen (secondary N) is 1. The van der Waals surface area contributed by atoms with E-state index < -0.39 is 9.84 Å². The zero-order valence-electron chi connectivity index (χ0n) is 16.7. The maximum absolute atomic E-state index is 13.2. The SMILES string of the molecule is C[C@@H]1CCCC[C@H]1Nc1nc2c(S(=O)(=O)c3ccccc3)nnn2c2ccccc12. The van der Waals surface area contributed by atoms with Crippen LogP contribution in [0.2, 0.25) is 0 Å². The summed E-state index contributed by atoms with van der Waals surface area (Å²) in [6, 6.07) is 16.3. The zero-order valence-corrected chi connectivity index (χ0v) is 17.5. The first-order valence-electron chi connectivity index (χ1n) is 10.3. The van der Waals surface area contributed by atoms with E-state index in [1.54, 1.807) is 30.3 Å². The van der Waals surface area contributed by atoms with E-state index >= 15 is 0 Å². The van der Waals surface area contributed by atoms with E-state index in [0.29, 0.717) is 17.8 Å². The monoisotopic (exact) mass is 421 g/mol. The fraction of sp³-hybridized carbons (Fsp3) is 0.318. The molecule has 5 rings (SSSR count). The summed E-state index contributed by atoms with van der Waals surface area (Å²) in [5.74, 6) is 1.22. The molecule has 2 aromatic heterocycles. The molecule has 1 N–H and O–H groups in total. The van der Waals surface area contributed by atoms with Crippen molar-refractivity contribution in [2.24, 2.45) is 5.92 Å². The second kappa shape index (κ2) is 7.36. The average molecular weight is 422 g/mol. The number of rotatable bonds is 4. The van der Waals surface area contributed by atoms with Gasteiger partial charge in [0.1, 0.15) is 5.82 Å². The van der Waals surface area contributed by atoms with Crippen LogP contribution in [0.1, 0.15) is 32.6 Å². The molecule has 7 nitrogen and oxygen atoms in total. The van der Waals surface area contributed by atoms with Crippen LogP contribution in [0.4, 0.5) is 5.82 Å². The first-order chi connectivity index (χ1) is 14.6. The number of hydrogen-bond donors (Lipinski definition) is 1. The van der Waals surface area contributed by atoms with Crippen molar-refractivity contribution >= 4 is 32.2 Å². The lowest BCUT2D eigenvalue weighted by Crippen LogP contribution is -2.30. The smallest absolute Gasteiger partial charge is 0.229 e. The molecule has 1 fully saturated rings. The average Bonchev–Trinajstić information content (AvgIpc) is 3.21. The van der Waals surface area contributed by atoms with Crippen LogP contribution < -0.4 is 5.32 Å². The Morgan fingerprint density at radius 3 is 2.53 bits per heavy atom. The number of nitrogens with zero attached hydrogens (tertiary/aromatic N) is 4. The molecule has 0 spiro atoms. The summed E-state index contributed by atoms with van der Waals surface area (Å²) in [5, 5.41) is 12.5. The van der Waals surface area contributed by atoms with Crippen LogP contribution in [0.3, 0.4) is 0 Å². The Morgan fingerprint density at radius 2 is 1.73 bits per heavy atom. The summed E-state index contributed by atoms with van der Waals surface area (Å²) in [4.78, 5) is 4.91. The Kier molecular flexibility index (Phi) is 4.66. The second-order valence-electron chi connectivity index (χ2n) is 7.94. The molecule has 0 radical (unpaired) electrons. The summed E-state index contributed by atoms with van der Waals surface area (Å²) in [6.45, 7) is 2.25. The quantitative estimate of drug-likeness (QED) is 0.534. The highest BCUT2D eigenvalue weighted by atomic mass is 32.2. The van der Waals surface area contributed by atoms with E-state index in [2.05, 4.69) is 22.6 Å². The van der Waals surface area contributed by atoms with Gasteiger partial charge in [0.2, 0.25) is 14.9 Å². The molecule has 1 saturated carbocycles. The minimum Gasteiger partial charge on any atom is -0.366 e. The zero-order chi connectivity index (χ0) is 20.7. The van der Waals surface area contributed by atoms with Crippen LogP contribution >= 0.6 is 0 Å². The molecule has 0 amide bonds. The largest absolute Gasteiger partial charge is 0.366 e. The number of sulfone groups is 1. The van der Waals surface area contributed by atoms with Crippen molar-refractivity contribution in [3.05, 3.63) is 54.6 Å². The number of para-hydroxylation sites is 1. The first kappa shape index (κ1) is 19.0. The van der Waals surface area contributed by atoms with Gasteiger partial charge in [-0.05, 0) is 43.0 Å². The summed E-state index contributed by atoms with van der Waals surface area (Å²) in [6.07, 6.45) is 4.69. The summed E-state index contributed by atoms with van der Waals surface area (Å²) < 4.78 is 28.0.